The van der Waals surface area contributed by atoms with Crippen molar-refractivity contribution in [2.75, 3.05) is 23.8 Å². The molecule has 252 valence electrons. The van der Waals surface area contributed by atoms with Gasteiger partial charge in [-0.3, -0.25) is 9.59 Å². The van der Waals surface area contributed by atoms with Gasteiger partial charge in [-0.1, -0.05) is 63.4 Å². The van der Waals surface area contributed by atoms with Crippen molar-refractivity contribution in [3.05, 3.63) is 89.5 Å². The number of carboxylic acid groups (broad SMARTS) is 1. The summed E-state index contributed by atoms with van der Waals surface area (Å²) in [5.41, 5.74) is 3.27. The number of nitrogens with zero attached hydrogens (tertiary/aromatic N) is 1. The lowest BCUT2D eigenvalue weighted by molar-refractivity contribution is -0.120. The second-order valence-corrected chi connectivity index (χ2v) is 14.4. The first-order valence-corrected chi connectivity index (χ1v) is 17.7. The molecule has 0 spiro atoms. The largest absolute Gasteiger partial charge is 0.478 e. The Morgan fingerprint density at radius 3 is 2.21 bits per heavy atom. The van der Waals surface area contributed by atoms with Crippen LogP contribution in [0.2, 0.25) is 0 Å². The van der Waals surface area contributed by atoms with Gasteiger partial charge >= 0.3 is 5.97 Å². The molecule has 11 heteroatoms. The van der Waals surface area contributed by atoms with Crippen LogP contribution in [-0.2, 0) is 21.4 Å². The second kappa shape index (κ2) is 16.4. The number of carbonyl (C=O) groups is 3. The van der Waals surface area contributed by atoms with E-state index in [2.05, 4.69) is 34.1 Å². The van der Waals surface area contributed by atoms with E-state index in [9.17, 15) is 22.8 Å². The van der Waals surface area contributed by atoms with Crippen LogP contribution in [0.25, 0.3) is 0 Å². The molecule has 0 radical (unpaired) electrons. The molecule has 10 nitrogen and oxygen atoms in total. The standard InChI is InChI=1S/C36H46N4O6S/c1-25(2)20-21-40(3)33-19-16-29(22-32(33)37-24-26-10-6-4-7-11-26)35(42)38-31(27-12-8-5-9-13-27)23-34(41)39-47(45,46)30-17-14-28(15-18-30)36(43)44/h4,6-7,10-11,14-19,22,25,27,31,37H,5,8-9,12-13,20-21,23-24H2,1-3H3,(H,38,42)(H,39,41)(H,43,44). The SMILES string of the molecule is CC(C)CCN(C)c1ccc(C(=O)NC(CC(=O)NS(=O)(=O)c2ccc(C(=O)O)cc2)C2CCCCC2)cc1NCc1ccccc1. The average molecular weight is 663 g/mol. The number of benzene rings is 3. The predicted molar refractivity (Wildman–Crippen MR) is 184 cm³/mol. The van der Waals surface area contributed by atoms with Crippen LogP contribution in [0, 0.1) is 11.8 Å². The second-order valence-electron chi connectivity index (χ2n) is 12.7. The van der Waals surface area contributed by atoms with Crippen molar-refractivity contribution in [3.63, 3.8) is 0 Å². The van der Waals surface area contributed by atoms with Gasteiger partial charge in [-0.15, -0.1) is 0 Å². The van der Waals surface area contributed by atoms with Crippen LogP contribution >= 0.6 is 0 Å². The number of rotatable bonds is 15. The summed E-state index contributed by atoms with van der Waals surface area (Å²) < 4.78 is 27.9. The van der Waals surface area contributed by atoms with E-state index in [1.807, 2.05) is 49.5 Å². The molecule has 1 atom stereocenters. The van der Waals surface area contributed by atoms with Crippen LogP contribution < -0.4 is 20.3 Å². The highest BCUT2D eigenvalue weighted by Gasteiger charge is 2.29. The lowest BCUT2D eigenvalue weighted by Gasteiger charge is -2.31. The number of carboxylic acids is 1. The maximum atomic E-state index is 13.7. The smallest absolute Gasteiger partial charge is 0.335 e. The molecule has 0 heterocycles. The normalized spacial score (nSPS) is 14.3. The van der Waals surface area contributed by atoms with E-state index in [1.54, 1.807) is 6.07 Å². The Balaban J connectivity index is 1.52. The first-order valence-electron chi connectivity index (χ1n) is 16.3. The zero-order chi connectivity index (χ0) is 34.0. The van der Waals surface area contributed by atoms with Crippen LogP contribution in [0.4, 0.5) is 11.4 Å². The van der Waals surface area contributed by atoms with Crippen molar-refractivity contribution in [3.8, 4) is 0 Å². The van der Waals surface area contributed by atoms with Gasteiger partial charge in [0, 0.05) is 38.2 Å². The molecule has 0 aromatic heterocycles. The molecule has 47 heavy (non-hydrogen) atoms. The van der Waals surface area contributed by atoms with E-state index in [4.69, 9.17) is 5.11 Å². The molecule has 0 aliphatic heterocycles. The first kappa shape index (κ1) is 35.5. The quantitative estimate of drug-likeness (QED) is 0.154. The Bertz CT molecular complexity index is 1620. The number of sulfonamides is 1. The lowest BCUT2D eigenvalue weighted by atomic mass is 9.82. The number of amides is 2. The molecule has 1 aliphatic rings. The number of anilines is 2. The van der Waals surface area contributed by atoms with Gasteiger partial charge in [0.2, 0.25) is 5.91 Å². The van der Waals surface area contributed by atoms with Crippen molar-refractivity contribution in [1.29, 1.82) is 0 Å². The van der Waals surface area contributed by atoms with E-state index < -0.39 is 27.9 Å². The highest BCUT2D eigenvalue weighted by molar-refractivity contribution is 7.90. The average Bonchev–Trinajstić information content (AvgIpc) is 3.06. The molecule has 3 aromatic rings. The minimum atomic E-state index is -4.24. The molecule has 0 bridgehead atoms. The highest BCUT2D eigenvalue weighted by Crippen LogP contribution is 2.30. The molecule has 1 aliphatic carbocycles. The maximum Gasteiger partial charge on any atom is 0.335 e. The van der Waals surface area contributed by atoms with Crippen molar-refractivity contribution >= 4 is 39.2 Å². The van der Waals surface area contributed by atoms with Gasteiger partial charge < -0.3 is 20.6 Å². The maximum absolute atomic E-state index is 13.7. The van der Waals surface area contributed by atoms with E-state index in [0.717, 1.165) is 74.1 Å². The monoisotopic (exact) mass is 662 g/mol. The summed E-state index contributed by atoms with van der Waals surface area (Å²) in [5.74, 6) is -1.69. The molecule has 4 N–H and O–H groups in total. The molecule has 0 saturated heterocycles. The minimum Gasteiger partial charge on any atom is -0.478 e. The van der Waals surface area contributed by atoms with E-state index in [0.29, 0.717) is 18.0 Å². The number of nitrogens with one attached hydrogen (secondary N) is 3. The van der Waals surface area contributed by atoms with Crippen molar-refractivity contribution in [2.24, 2.45) is 11.8 Å². The topological polar surface area (TPSA) is 145 Å². The molecule has 1 unspecified atom stereocenters. The Morgan fingerprint density at radius 1 is 0.915 bits per heavy atom. The van der Waals surface area contributed by atoms with E-state index >= 15 is 0 Å². The van der Waals surface area contributed by atoms with Gasteiger partial charge in [-0.2, -0.15) is 0 Å². The molecule has 2 amide bonds. The summed E-state index contributed by atoms with van der Waals surface area (Å²) in [5, 5.41) is 15.7. The predicted octanol–water partition coefficient (Wildman–Crippen LogP) is 6.05. The third kappa shape index (κ3) is 10.3. The molecular weight excluding hydrogens is 616 g/mol. The molecular formula is C36H46N4O6S. The Morgan fingerprint density at radius 2 is 1.57 bits per heavy atom. The number of hydrogen-bond donors (Lipinski definition) is 4. The molecule has 1 fully saturated rings. The van der Waals surface area contributed by atoms with Gasteiger partial charge in [0.1, 0.15) is 0 Å². The van der Waals surface area contributed by atoms with Crippen molar-refractivity contribution in [1.82, 2.24) is 10.0 Å². The van der Waals surface area contributed by atoms with Crippen LogP contribution in [0.1, 0.15) is 85.1 Å². The van der Waals surface area contributed by atoms with Gasteiger partial charge in [0.15, 0.2) is 0 Å². The summed E-state index contributed by atoms with van der Waals surface area (Å²) >= 11 is 0. The number of hydrogen-bond acceptors (Lipinski definition) is 7. The first-order chi connectivity index (χ1) is 22.4. The summed E-state index contributed by atoms with van der Waals surface area (Å²) in [4.78, 5) is 40.0. The molecule has 1 saturated carbocycles. The fourth-order valence-corrected chi connectivity index (χ4v) is 6.86. The fourth-order valence-electron chi connectivity index (χ4n) is 5.87. The fraction of sp³-hybridized carbons (Fsp3) is 0.417. The highest BCUT2D eigenvalue weighted by atomic mass is 32.2. The Labute approximate surface area is 278 Å². The van der Waals surface area contributed by atoms with E-state index in [-0.39, 0.29) is 28.7 Å². The molecule has 4 rings (SSSR count). The van der Waals surface area contributed by atoms with Crippen LogP contribution in [0.15, 0.2) is 77.7 Å². The third-order valence-corrected chi connectivity index (χ3v) is 10.0. The summed E-state index contributed by atoms with van der Waals surface area (Å²) in [6.45, 7) is 5.81. The zero-order valence-corrected chi connectivity index (χ0v) is 28.2. The Kier molecular flexibility index (Phi) is 12.4. The third-order valence-electron chi connectivity index (χ3n) is 8.64. The van der Waals surface area contributed by atoms with Crippen LogP contribution in [0.3, 0.4) is 0 Å². The van der Waals surface area contributed by atoms with Gasteiger partial charge in [0.25, 0.3) is 15.9 Å². The van der Waals surface area contributed by atoms with Gasteiger partial charge in [-0.25, -0.2) is 17.9 Å². The van der Waals surface area contributed by atoms with Crippen molar-refractivity contribution < 1.29 is 27.9 Å². The zero-order valence-electron chi connectivity index (χ0n) is 27.4. The van der Waals surface area contributed by atoms with Crippen LogP contribution in [0.5, 0.6) is 0 Å². The minimum absolute atomic E-state index is 0.0214. The summed E-state index contributed by atoms with van der Waals surface area (Å²) in [6.07, 6.45) is 5.47. The number of aromatic carboxylic acids is 1. The summed E-state index contributed by atoms with van der Waals surface area (Å²) in [7, 11) is -2.20. The Hall–Kier alpha value is -4.38. The van der Waals surface area contributed by atoms with E-state index in [1.165, 1.54) is 12.1 Å². The summed E-state index contributed by atoms with van der Waals surface area (Å²) in [6, 6.07) is 19.6. The van der Waals surface area contributed by atoms with Gasteiger partial charge in [-0.05, 0) is 79.1 Å². The van der Waals surface area contributed by atoms with Crippen LogP contribution in [-0.4, -0.2) is 50.9 Å². The lowest BCUT2D eigenvalue weighted by Crippen LogP contribution is -2.45. The molecule has 3 aromatic carbocycles. The number of carbonyl (C=O) groups excluding carboxylic acids is 2. The van der Waals surface area contributed by atoms with Gasteiger partial charge in [0.05, 0.1) is 21.8 Å². The van der Waals surface area contributed by atoms with Crippen molar-refractivity contribution in [2.45, 2.75) is 76.3 Å².